The maximum Gasteiger partial charge on any atom is 0.326 e. The van der Waals surface area contributed by atoms with Gasteiger partial charge in [-0.15, -0.1) is 0 Å². The van der Waals surface area contributed by atoms with Crippen LogP contribution in [-0.2, 0) is 16.1 Å². The smallest absolute Gasteiger partial charge is 0.326 e. The molecule has 0 aliphatic heterocycles. The molecule has 2 N–H and O–H groups in total. The van der Waals surface area contributed by atoms with Crippen LogP contribution < -0.4 is 5.32 Å². The monoisotopic (exact) mass is 358 g/mol. The highest BCUT2D eigenvalue weighted by atomic mass is 79.9. The number of carboxylic acid groups (broad SMARTS) is 1. The maximum absolute atomic E-state index is 12.0. The summed E-state index contributed by atoms with van der Waals surface area (Å²) in [5, 5.41) is 11.5. The minimum Gasteiger partial charge on any atom is -0.480 e. The lowest BCUT2D eigenvalue weighted by Crippen LogP contribution is -2.46. The molecule has 0 aliphatic rings. The maximum atomic E-state index is 12.0. The van der Waals surface area contributed by atoms with E-state index < -0.39 is 18.0 Å². The number of carboxylic acids is 1. The van der Waals surface area contributed by atoms with Gasteiger partial charge in [-0.2, -0.15) is 0 Å². The number of aliphatic carboxylic acids is 1. The van der Waals surface area contributed by atoms with Crippen molar-refractivity contribution in [2.45, 2.75) is 19.0 Å². The molecule has 1 aromatic rings. The highest BCUT2D eigenvalue weighted by Crippen LogP contribution is 2.11. The fourth-order valence-corrected chi connectivity index (χ4v) is 1.95. The number of methoxy groups -OCH3 is 1. The molecule has 1 unspecified atom stereocenters. The Bertz CT molecular complexity index is 478. The molecule has 0 aliphatic carbocycles. The van der Waals surface area contributed by atoms with E-state index in [0.29, 0.717) is 6.54 Å². The molecule has 6 nitrogen and oxygen atoms in total. The van der Waals surface area contributed by atoms with E-state index in [1.807, 2.05) is 24.3 Å². The van der Waals surface area contributed by atoms with Crippen LogP contribution in [0, 0.1) is 0 Å². The third kappa shape index (κ3) is 6.14. The van der Waals surface area contributed by atoms with Crippen LogP contribution in [0.2, 0.25) is 0 Å². The number of benzene rings is 1. The van der Waals surface area contributed by atoms with Gasteiger partial charge in [-0.05, 0) is 17.7 Å². The first-order chi connectivity index (χ1) is 9.93. The van der Waals surface area contributed by atoms with Gasteiger partial charge < -0.3 is 20.1 Å². The van der Waals surface area contributed by atoms with E-state index >= 15 is 0 Å². The van der Waals surface area contributed by atoms with Crippen molar-refractivity contribution in [2.75, 3.05) is 20.8 Å². The summed E-state index contributed by atoms with van der Waals surface area (Å²) < 4.78 is 5.80. The first-order valence-corrected chi connectivity index (χ1v) is 7.21. The van der Waals surface area contributed by atoms with Crippen molar-refractivity contribution in [1.82, 2.24) is 10.2 Å². The Morgan fingerprint density at radius 2 is 2.00 bits per heavy atom. The molecule has 1 atom stereocenters. The number of ether oxygens (including phenoxy) is 1. The second kappa shape index (κ2) is 8.63. The minimum atomic E-state index is -1.07. The summed E-state index contributed by atoms with van der Waals surface area (Å²) in [6, 6.07) is 6.19. The third-order valence-electron chi connectivity index (χ3n) is 2.89. The Hall–Kier alpha value is -1.60. The van der Waals surface area contributed by atoms with Crippen LogP contribution in [-0.4, -0.2) is 48.8 Å². The summed E-state index contributed by atoms with van der Waals surface area (Å²) in [4.78, 5) is 24.5. The highest BCUT2D eigenvalue weighted by molar-refractivity contribution is 9.10. The number of hydrogen-bond acceptors (Lipinski definition) is 3. The third-order valence-corrected chi connectivity index (χ3v) is 3.41. The summed E-state index contributed by atoms with van der Waals surface area (Å²) in [5.41, 5.74) is 0.958. The molecule has 2 amide bonds. The fourth-order valence-electron chi connectivity index (χ4n) is 1.69. The van der Waals surface area contributed by atoms with Gasteiger partial charge in [0, 0.05) is 38.2 Å². The lowest BCUT2D eigenvalue weighted by Gasteiger charge is -2.21. The molecule has 1 aromatic carbocycles. The Balaban J connectivity index is 2.56. The normalized spacial score (nSPS) is 11.8. The molecule has 0 saturated heterocycles. The average molecular weight is 359 g/mol. The van der Waals surface area contributed by atoms with Crippen molar-refractivity contribution >= 4 is 27.9 Å². The van der Waals surface area contributed by atoms with Crippen molar-refractivity contribution in [3.8, 4) is 0 Å². The average Bonchev–Trinajstić information content (AvgIpc) is 2.45. The molecule has 21 heavy (non-hydrogen) atoms. The number of halogens is 1. The van der Waals surface area contributed by atoms with Crippen molar-refractivity contribution in [3.05, 3.63) is 34.3 Å². The summed E-state index contributed by atoms with van der Waals surface area (Å²) in [5.74, 6) is -1.07. The molecule has 0 radical (unpaired) electrons. The molecule has 0 fully saturated rings. The van der Waals surface area contributed by atoms with E-state index in [0.717, 1.165) is 10.0 Å². The summed E-state index contributed by atoms with van der Waals surface area (Å²) in [6.45, 7) is 0.670. The van der Waals surface area contributed by atoms with Crippen molar-refractivity contribution in [2.24, 2.45) is 0 Å². The van der Waals surface area contributed by atoms with Crippen LogP contribution in [0.15, 0.2) is 28.7 Å². The van der Waals surface area contributed by atoms with Crippen LogP contribution in [0.1, 0.15) is 12.0 Å². The quantitative estimate of drug-likeness (QED) is 0.781. The molecule has 0 heterocycles. The Kier molecular flexibility index (Phi) is 7.18. The molecule has 0 saturated carbocycles. The van der Waals surface area contributed by atoms with Gasteiger partial charge in [0.2, 0.25) is 0 Å². The van der Waals surface area contributed by atoms with Crippen LogP contribution in [0.3, 0.4) is 0 Å². The number of hydrogen-bond donors (Lipinski definition) is 2. The van der Waals surface area contributed by atoms with Gasteiger partial charge in [0.25, 0.3) is 0 Å². The number of carbonyl (C=O) groups is 2. The number of amides is 2. The number of nitrogens with one attached hydrogen (secondary N) is 1. The van der Waals surface area contributed by atoms with Crippen molar-refractivity contribution in [3.63, 3.8) is 0 Å². The van der Waals surface area contributed by atoms with E-state index in [-0.39, 0.29) is 13.0 Å². The predicted molar refractivity (Wildman–Crippen MR) is 82.1 cm³/mol. The van der Waals surface area contributed by atoms with Gasteiger partial charge in [0.05, 0.1) is 0 Å². The molecule has 116 valence electrons. The van der Waals surface area contributed by atoms with E-state index in [4.69, 9.17) is 9.84 Å². The molecular weight excluding hydrogens is 340 g/mol. The zero-order valence-corrected chi connectivity index (χ0v) is 13.6. The topological polar surface area (TPSA) is 78.9 Å². The summed E-state index contributed by atoms with van der Waals surface area (Å²) in [7, 11) is 3.10. The second-order valence-electron chi connectivity index (χ2n) is 4.60. The van der Waals surface area contributed by atoms with Gasteiger partial charge in [0.1, 0.15) is 6.04 Å². The molecule has 0 bridgehead atoms. The zero-order valence-electron chi connectivity index (χ0n) is 12.0. The number of rotatable bonds is 7. The molecule has 0 aromatic heterocycles. The predicted octanol–water partition coefficient (Wildman–Crippen LogP) is 2.08. The number of urea groups is 1. The molecule has 1 rings (SSSR count). The van der Waals surface area contributed by atoms with Gasteiger partial charge >= 0.3 is 12.0 Å². The first kappa shape index (κ1) is 17.5. The summed E-state index contributed by atoms with van der Waals surface area (Å²) >= 11 is 3.34. The van der Waals surface area contributed by atoms with Crippen LogP contribution >= 0.6 is 15.9 Å². The lowest BCUT2D eigenvalue weighted by atomic mass is 10.2. The Labute approximate surface area is 132 Å². The van der Waals surface area contributed by atoms with E-state index in [2.05, 4.69) is 21.2 Å². The SMILES string of the molecule is COCCC(NC(=O)N(C)Cc1ccc(Br)cc1)C(=O)O. The fraction of sp³-hybridized carbons (Fsp3) is 0.429. The van der Waals surface area contributed by atoms with E-state index in [9.17, 15) is 9.59 Å². The second-order valence-corrected chi connectivity index (χ2v) is 5.52. The largest absolute Gasteiger partial charge is 0.480 e. The van der Waals surface area contributed by atoms with Crippen LogP contribution in [0.25, 0.3) is 0 Å². The van der Waals surface area contributed by atoms with Crippen molar-refractivity contribution < 1.29 is 19.4 Å². The highest BCUT2D eigenvalue weighted by Gasteiger charge is 2.21. The van der Waals surface area contributed by atoms with E-state index in [1.165, 1.54) is 12.0 Å². The minimum absolute atomic E-state index is 0.226. The lowest BCUT2D eigenvalue weighted by molar-refractivity contribution is -0.139. The molecular formula is C14H19BrN2O4. The van der Waals surface area contributed by atoms with Crippen LogP contribution in [0.4, 0.5) is 4.79 Å². The van der Waals surface area contributed by atoms with Crippen LogP contribution in [0.5, 0.6) is 0 Å². The first-order valence-electron chi connectivity index (χ1n) is 6.42. The van der Waals surface area contributed by atoms with Gasteiger partial charge in [-0.25, -0.2) is 9.59 Å². The molecule has 7 heteroatoms. The van der Waals surface area contributed by atoms with E-state index in [1.54, 1.807) is 7.05 Å². The standard InChI is InChI=1S/C14H19BrN2O4/c1-17(9-10-3-5-11(15)6-4-10)14(20)16-12(13(18)19)7-8-21-2/h3-6,12H,7-9H2,1-2H3,(H,16,20)(H,18,19). The zero-order chi connectivity index (χ0) is 15.8. The summed E-state index contributed by atoms with van der Waals surface area (Å²) in [6.07, 6.45) is 0.226. The Morgan fingerprint density at radius 1 is 1.38 bits per heavy atom. The number of nitrogens with zero attached hydrogens (tertiary/aromatic N) is 1. The Morgan fingerprint density at radius 3 is 2.52 bits per heavy atom. The molecule has 0 spiro atoms. The van der Waals surface area contributed by atoms with Gasteiger partial charge in [-0.1, -0.05) is 28.1 Å². The number of carbonyl (C=O) groups excluding carboxylic acids is 1. The van der Waals surface area contributed by atoms with Gasteiger partial charge in [0.15, 0.2) is 0 Å². The van der Waals surface area contributed by atoms with Crippen molar-refractivity contribution in [1.29, 1.82) is 0 Å². The van der Waals surface area contributed by atoms with Gasteiger partial charge in [-0.3, -0.25) is 0 Å².